The summed E-state index contributed by atoms with van der Waals surface area (Å²) >= 11 is 0. The maximum atomic E-state index is 12.0. The third kappa shape index (κ3) is 6.54. The van der Waals surface area contributed by atoms with Crippen LogP contribution in [0.4, 0.5) is 5.69 Å². The van der Waals surface area contributed by atoms with Crippen LogP contribution in [-0.2, 0) is 16.0 Å². The number of aryl methyl sites for hydroxylation is 1. The summed E-state index contributed by atoms with van der Waals surface area (Å²) in [7, 11) is -1.72. The molecule has 134 valence electrons. The van der Waals surface area contributed by atoms with Crippen molar-refractivity contribution in [1.82, 2.24) is 5.32 Å². The smallest absolute Gasteiger partial charge is 0.426 e. The third-order valence-electron chi connectivity index (χ3n) is 3.69. The van der Waals surface area contributed by atoms with Gasteiger partial charge in [-0.3, -0.25) is 9.59 Å². The van der Waals surface area contributed by atoms with Gasteiger partial charge in [0.1, 0.15) is 0 Å². The lowest BCUT2D eigenvalue weighted by Crippen LogP contribution is -2.47. The first-order valence-electron chi connectivity index (χ1n) is 8.20. The van der Waals surface area contributed by atoms with E-state index in [2.05, 4.69) is 10.6 Å². The van der Waals surface area contributed by atoms with Crippen LogP contribution in [0.1, 0.15) is 11.1 Å². The lowest BCUT2D eigenvalue weighted by Gasteiger charge is -2.17. The molecule has 2 aromatic carbocycles. The minimum Gasteiger partial charge on any atom is -0.426 e. The van der Waals surface area contributed by atoms with Crippen molar-refractivity contribution in [2.45, 2.75) is 19.3 Å². The van der Waals surface area contributed by atoms with Gasteiger partial charge in [0.15, 0.2) is 0 Å². The second-order valence-corrected chi connectivity index (χ2v) is 5.91. The summed E-state index contributed by atoms with van der Waals surface area (Å²) in [4.78, 5) is 23.7. The average molecular weight is 352 g/mol. The van der Waals surface area contributed by atoms with E-state index >= 15 is 0 Å². The van der Waals surface area contributed by atoms with E-state index < -0.39 is 24.9 Å². The molecule has 0 saturated carbocycles. The first kappa shape index (κ1) is 19.4. The number of benzene rings is 2. The van der Waals surface area contributed by atoms with Crippen LogP contribution in [0.5, 0.6) is 0 Å². The third-order valence-corrected chi connectivity index (χ3v) is 3.69. The highest BCUT2D eigenvalue weighted by molar-refractivity contribution is 6.43. The zero-order valence-corrected chi connectivity index (χ0v) is 14.4. The highest BCUT2D eigenvalue weighted by Crippen LogP contribution is 2.07. The normalized spacial score (nSPS) is 11.8. The van der Waals surface area contributed by atoms with Gasteiger partial charge in [-0.25, -0.2) is 0 Å². The number of hydrogen-bond donors (Lipinski definition) is 4. The lowest BCUT2D eigenvalue weighted by molar-refractivity contribution is -0.117. The van der Waals surface area contributed by atoms with E-state index in [0.29, 0.717) is 5.69 Å². The van der Waals surface area contributed by atoms with Crippen LogP contribution >= 0.6 is 0 Å². The van der Waals surface area contributed by atoms with Gasteiger partial charge in [0, 0.05) is 17.8 Å². The van der Waals surface area contributed by atoms with Crippen LogP contribution in [0.15, 0.2) is 66.7 Å². The number of anilines is 1. The molecule has 2 aromatic rings. The average Bonchev–Trinajstić information content (AvgIpc) is 2.62. The fraction of sp³-hybridized carbons (Fsp3) is 0.158. The molecule has 7 heteroatoms. The van der Waals surface area contributed by atoms with Crippen LogP contribution in [0.2, 0.25) is 0 Å². The number of para-hydroxylation sites is 1. The summed E-state index contributed by atoms with van der Waals surface area (Å²) in [6.45, 7) is 1.95. The minimum atomic E-state index is -1.72. The van der Waals surface area contributed by atoms with E-state index in [-0.39, 0.29) is 6.42 Å². The van der Waals surface area contributed by atoms with Crippen molar-refractivity contribution in [3.8, 4) is 0 Å². The molecule has 0 aliphatic rings. The van der Waals surface area contributed by atoms with Crippen molar-refractivity contribution >= 4 is 24.6 Å². The maximum Gasteiger partial charge on any atom is 0.475 e. The summed E-state index contributed by atoms with van der Waals surface area (Å²) in [6, 6.07) is 16.4. The summed E-state index contributed by atoms with van der Waals surface area (Å²) < 4.78 is 0. The molecule has 1 atom stereocenters. The molecule has 0 bridgehead atoms. The van der Waals surface area contributed by atoms with E-state index in [1.807, 2.05) is 37.3 Å². The van der Waals surface area contributed by atoms with Crippen molar-refractivity contribution < 1.29 is 19.6 Å². The fourth-order valence-electron chi connectivity index (χ4n) is 2.30. The Morgan fingerprint density at radius 1 is 1.00 bits per heavy atom. The first-order chi connectivity index (χ1) is 12.4. The zero-order valence-electron chi connectivity index (χ0n) is 14.4. The summed E-state index contributed by atoms with van der Waals surface area (Å²) in [5.74, 6) is -1.92. The van der Waals surface area contributed by atoms with E-state index in [4.69, 9.17) is 0 Å². The van der Waals surface area contributed by atoms with E-state index in [0.717, 1.165) is 23.3 Å². The van der Waals surface area contributed by atoms with Gasteiger partial charge in [-0.15, -0.1) is 0 Å². The van der Waals surface area contributed by atoms with Crippen LogP contribution in [-0.4, -0.2) is 34.9 Å². The van der Waals surface area contributed by atoms with Crippen LogP contribution in [0, 0.1) is 6.92 Å². The Morgan fingerprint density at radius 3 is 2.23 bits per heavy atom. The topological polar surface area (TPSA) is 98.7 Å². The number of carbonyl (C=O) groups excluding carboxylic acids is 2. The van der Waals surface area contributed by atoms with Crippen molar-refractivity contribution in [3.05, 3.63) is 77.9 Å². The summed E-state index contributed by atoms with van der Waals surface area (Å²) in [6.07, 6.45) is 2.41. The van der Waals surface area contributed by atoms with Crippen molar-refractivity contribution in [2.75, 3.05) is 5.32 Å². The molecular formula is C19H21BN2O4. The highest BCUT2D eigenvalue weighted by Gasteiger charge is 2.24. The van der Waals surface area contributed by atoms with Gasteiger partial charge in [-0.1, -0.05) is 48.0 Å². The molecular weight excluding hydrogens is 331 g/mol. The molecule has 0 aliphatic heterocycles. The van der Waals surface area contributed by atoms with Gasteiger partial charge in [0.2, 0.25) is 11.8 Å². The van der Waals surface area contributed by atoms with E-state index in [1.165, 1.54) is 0 Å². The Morgan fingerprint density at radius 2 is 1.62 bits per heavy atom. The Balaban J connectivity index is 1.90. The molecule has 0 heterocycles. The summed E-state index contributed by atoms with van der Waals surface area (Å²) in [5, 5.41) is 24.1. The number of amides is 2. The number of hydrogen-bond acceptors (Lipinski definition) is 4. The monoisotopic (exact) mass is 352 g/mol. The molecule has 26 heavy (non-hydrogen) atoms. The molecule has 0 spiro atoms. The molecule has 4 N–H and O–H groups in total. The molecule has 0 radical (unpaired) electrons. The van der Waals surface area contributed by atoms with Gasteiger partial charge < -0.3 is 20.7 Å². The Bertz CT molecular complexity index is 761. The lowest BCUT2D eigenvalue weighted by atomic mass is 9.76. The van der Waals surface area contributed by atoms with Crippen molar-refractivity contribution in [3.63, 3.8) is 0 Å². The molecule has 0 unspecified atom stereocenters. The van der Waals surface area contributed by atoms with Crippen LogP contribution in [0.3, 0.4) is 0 Å². The van der Waals surface area contributed by atoms with Crippen LogP contribution < -0.4 is 10.6 Å². The van der Waals surface area contributed by atoms with Crippen molar-refractivity contribution in [1.29, 1.82) is 0 Å². The maximum absolute atomic E-state index is 12.0. The van der Waals surface area contributed by atoms with E-state index in [9.17, 15) is 19.6 Å². The largest absolute Gasteiger partial charge is 0.475 e. The Hall–Kier alpha value is -2.90. The minimum absolute atomic E-state index is 0.258. The van der Waals surface area contributed by atoms with Gasteiger partial charge in [-0.2, -0.15) is 0 Å². The molecule has 6 nitrogen and oxygen atoms in total. The Labute approximate surface area is 152 Å². The second-order valence-electron chi connectivity index (χ2n) is 5.91. The number of nitrogens with one attached hydrogen (secondary N) is 2. The molecule has 2 rings (SSSR count). The van der Waals surface area contributed by atoms with E-state index in [1.54, 1.807) is 24.3 Å². The quantitative estimate of drug-likeness (QED) is 0.445. The van der Waals surface area contributed by atoms with Gasteiger partial charge in [0.05, 0.1) is 5.94 Å². The SMILES string of the molecule is Cc1ccc(C[C@H](NC(=O)/C=C/C(=O)Nc2ccccc2)B(O)O)cc1. The second kappa shape index (κ2) is 9.55. The molecule has 2 amide bonds. The molecule has 0 saturated heterocycles. The van der Waals surface area contributed by atoms with Crippen LogP contribution in [0.25, 0.3) is 0 Å². The standard InChI is InChI=1S/C19H21BN2O4/c1-14-7-9-15(10-8-14)13-17(20(25)26)22-19(24)12-11-18(23)21-16-5-3-2-4-6-16/h2-12,17,25-26H,13H2,1H3,(H,21,23)(H,22,24)/b12-11+/t17-/m0/s1. The fourth-order valence-corrected chi connectivity index (χ4v) is 2.30. The highest BCUT2D eigenvalue weighted by atomic mass is 16.4. The predicted molar refractivity (Wildman–Crippen MR) is 101 cm³/mol. The van der Waals surface area contributed by atoms with Gasteiger partial charge >= 0.3 is 7.12 Å². The van der Waals surface area contributed by atoms with Gasteiger partial charge in [-0.05, 0) is 31.0 Å². The molecule has 0 aromatic heterocycles. The van der Waals surface area contributed by atoms with Gasteiger partial charge in [0.25, 0.3) is 0 Å². The predicted octanol–water partition coefficient (Wildman–Crippen LogP) is 1.23. The molecule has 0 aliphatic carbocycles. The zero-order chi connectivity index (χ0) is 18.9. The Kier molecular flexibility index (Phi) is 7.14. The number of carbonyl (C=O) groups is 2. The van der Waals surface area contributed by atoms with Crippen molar-refractivity contribution in [2.24, 2.45) is 0 Å². The summed E-state index contributed by atoms with van der Waals surface area (Å²) in [5.41, 5.74) is 2.57. The number of rotatable bonds is 7. The molecule has 0 fully saturated rings. The first-order valence-corrected chi connectivity index (χ1v) is 8.20.